The van der Waals surface area contributed by atoms with E-state index in [9.17, 15) is 23.6 Å². The van der Waals surface area contributed by atoms with Gasteiger partial charge in [-0.05, 0) is 24.6 Å². The SMILES string of the molecule is CC(=O)CCNC(=O)c1cc(C(=O)NCc2ccc3c(c2)NC(=O)CO3)nc2c(F)cnn12. The van der Waals surface area contributed by atoms with Gasteiger partial charge < -0.3 is 20.7 Å². The molecule has 2 aromatic heterocycles. The maximum Gasteiger partial charge on any atom is 0.270 e. The fourth-order valence-electron chi connectivity index (χ4n) is 3.17. The summed E-state index contributed by atoms with van der Waals surface area (Å²) in [5.74, 6) is -1.94. The van der Waals surface area contributed by atoms with Crippen molar-refractivity contribution in [2.75, 3.05) is 18.5 Å². The number of anilines is 1. The van der Waals surface area contributed by atoms with E-state index < -0.39 is 17.6 Å². The van der Waals surface area contributed by atoms with Crippen molar-refractivity contribution in [3.05, 3.63) is 53.2 Å². The molecule has 1 aromatic carbocycles. The standard InChI is InChI=1S/C21H19FN6O5/c1-11(29)4-5-23-21(32)16-7-15(27-19-13(22)9-25-28(16)19)20(31)24-8-12-2-3-17-14(6-12)26-18(30)10-33-17/h2-3,6-7,9H,4-5,8,10H2,1H3,(H,23,32)(H,24,31)(H,26,30). The van der Waals surface area contributed by atoms with Crippen molar-refractivity contribution in [2.24, 2.45) is 0 Å². The Kier molecular flexibility index (Phi) is 5.98. The van der Waals surface area contributed by atoms with E-state index in [-0.39, 0.29) is 54.8 Å². The second-order valence-corrected chi connectivity index (χ2v) is 7.31. The summed E-state index contributed by atoms with van der Waals surface area (Å²) in [6.45, 7) is 1.50. The summed E-state index contributed by atoms with van der Waals surface area (Å²) >= 11 is 0. The smallest absolute Gasteiger partial charge is 0.270 e. The Bertz CT molecular complexity index is 1290. The third-order valence-corrected chi connectivity index (χ3v) is 4.79. The molecule has 0 atom stereocenters. The van der Waals surface area contributed by atoms with Gasteiger partial charge in [-0.15, -0.1) is 0 Å². The van der Waals surface area contributed by atoms with Gasteiger partial charge in [0.15, 0.2) is 18.1 Å². The molecule has 0 fully saturated rings. The van der Waals surface area contributed by atoms with Crippen molar-refractivity contribution in [1.29, 1.82) is 0 Å². The van der Waals surface area contributed by atoms with E-state index in [0.717, 1.165) is 10.7 Å². The van der Waals surface area contributed by atoms with Crippen LogP contribution in [0.4, 0.5) is 10.1 Å². The Morgan fingerprint density at radius 3 is 2.82 bits per heavy atom. The molecule has 3 amide bonds. The second kappa shape index (κ2) is 9.02. The number of ether oxygens (including phenoxy) is 1. The fraction of sp³-hybridized carbons (Fsp3) is 0.238. The van der Waals surface area contributed by atoms with Crippen LogP contribution in [-0.2, 0) is 16.1 Å². The van der Waals surface area contributed by atoms with E-state index in [1.807, 2.05) is 0 Å². The summed E-state index contributed by atoms with van der Waals surface area (Å²) in [5, 5.41) is 11.7. The number of hydrogen-bond donors (Lipinski definition) is 3. The Hall–Kier alpha value is -4.35. The summed E-state index contributed by atoms with van der Waals surface area (Å²) in [6, 6.07) is 6.25. The van der Waals surface area contributed by atoms with Crippen LogP contribution < -0.4 is 20.7 Å². The summed E-state index contributed by atoms with van der Waals surface area (Å²) < 4.78 is 20.4. The molecular formula is C21H19FN6O5. The highest BCUT2D eigenvalue weighted by atomic mass is 19.1. The molecule has 3 N–H and O–H groups in total. The molecule has 0 bridgehead atoms. The summed E-state index contributed by atoms with van der Waals surface area (Å²) in [6.07, 6.45) is 1.02. The van der Waals surface area contributed by atoms with Gasteiger partial charge in [-0.3, -0.25) is 19.2 Å². The molecule has 0 saturated carbocycles. The molecule has 0 saturated heterocycles. The lowest BCUT2D eigenvalue weighted by atomic mass is 10.1. The van der Waals surface area contributed by atoms with Crippen LogP contribution in [0.3, 0.4) is 0 Å². The Balaban J connectivity index is 1.52. The Morgan fingerprint density at radius 2 is 2.03 bits per heavy atom. The first-order chi connectivity index (χ1) is 15.8. The summed E-state index contributed by atoms with van der Waals surface area (Å²) in [5.41, 5.74) is 0.586. The predicted octanol–water partition coefficient (Wildman–Crippen LogP) is 0.838. The molecule has 4 rings (SSSR count). The van der Waals surface area contributed by atoms with Gasteiger partial charge in [0, 0.05) is 25.6 Å². The van der Waals surface area contributed by atoms with Gasteiger partial charge in [0.05, 0.1) is 11.9 Å². The highest BCUT2D eigenvalue weighted by Gasteiger charge is 2.20. The van der Waals surface area contributed by atoms with Crippen LogP contribution in [0, 0.1) is 5.82 Å². The van der Waals surface area contributed by atoms with Gasteiger partial charge in [-0.25, -0.2) is 13.9 Å². The van der Waals surface area contributed by atoms with Gasteiger partial charge in [0.1, 0.15) is 22.9 Å². The number of benzene rings is 1. The van der Waals surface area contributed by atoms with E-state index >= 15 is 0 Å². The number of halogens is 1. The molecule has 0 aliphatic carbocycles. The fourth-order valence-corrected chi connectivity index (χ4v) is 3.17. The van der Waals surface area contributed by atoms with Gasteiger partial charge in [-0.2, -0.15) is 5.10 Å². The highest BCUT2D eigenvalue weighted by molar-refractivity contribution is 5.98. The number of hydrogen-bond acceptors (Lipinski definition) is 7. The number of aromatic nitrogens is 3. The molecule has 3 heterocycles. The van der Waals surface area contributed by atoms with Crippen LogP contribution in [-0.4, -0.2) is 51.3 Å². The van der Waals surface area contributed by atoms with Crippen LogP contribution in [0.1, 0.15) is 39.9 Å². The van der Waals surface area contributed by atoms with Crippen LogP contribution in [0.5, 0.6) is 5.75 Å². The lowest BCUT2D eigenvalue weighted by Crippen LogP contribution is -2.30. The molecular weight excluding hydrogens is 435 g/mol. The largest absolute Gasteiger partial charge is 0.482 e. The van der Waals surface area contributed by atoms with E-state index in [1.54, 1.807) is 18.2 Å². The first-order valence-electron chi connectivity index (χ1n) is 9.97. The third-order valence-electron chi connectivity index (χ3n) is 4.79. The molecule has 33 heavy (non-hydrogen) atoms. The Morgan fingerprint density at radius 1 is 1.21 bits per heavy atom. The number of carbonyl (C=O) groups is 4. The molecule has 3 aromatic rings. The molecule has 0 radical (unpaired) electrons. The van der Waals surface area contributed by atoms with Crippen molar-refractivity contribution in [2.45, 2.75) is 19.9 Å². The zero-order valence-electron chi connectivity index (χ0n) is 17.5. The third kappa shape index (κ3) is 4.79. The minimum absolute atomic E-state index is 0.0625. The van der Waals surface area contributed by atoms with Crippen molar-refractivity contribution < 1.29 is 28.3 Å². The molecule has 1 aliphatic heterocycles. The first kappa shape index (κ1) is 21.9. The number of rotatable bonds is 7. The topological polar surface area (TPSA) is 144 Å². The number of nitrogens with one attached hydrogen (secondary N) is 3. The lowest BCUT2D eigenvalue weighted by Gasteiger charge is -2.18. The quantitative estimate of drug-likeness (QED) is 0.480. The Labute approximate surface area is 186 Å². The zero-order valence-corrected chi connectivity index (χ0v) is 17.5. The molecule has 0 unspecified atom stereocenters. The van der Waals surface area contributed by atoms with E-state index in [1.165, 1.54) is 13.0 Å². The lowest BCUT2D eigenvalue weighted by molar-refractivity contribution is -0.119. The number of amides is 3. The first-order valence-corrected chi connectivity index (χ1v) is 9.97. The average Bonchev–Trinajstić information content (AvgIpc) is 3.16. The molecule has 12 heteroatoms. The second-order valence-electron chi connectivity index (χ2n) is 7.31. The van der Waals surface area contributed by atoms with Gasteiger partial charge in [0.2, 0.25) is 0 Å². The van der Waals surface area contributed by atoms with Gasteiger partial charge in [-0.1, -0.05) is 6.07 Å². The van der Waals surface area contributed by atoms with Crippen molar-refractivity contribution in [3.8, 4) is 5.75 Å². The van der Waals surface area contributed by atoms with Crippen molar-refractivity contribution in [3.63, 3.8) is 0 Å². The van der Waals surface area contributed by atoms with Crippen LogP contribution >= 0.6 is 0 Å². The maximum atomic E-state index is 14.1. The average molecular weight is 454 g/mol. The van der Waals surface area contributed by atoms with Gasteiger partial charge in [0.25, 0.3) is 17.7 Å². The molecule has 11 nitrogen and oxygen atoms in total. The summed E-state index contributed by atoms with van der Waals surface area (Å²) in [7, 11) is 0. The maximum absolute atomic E-state index is 14.1. The minimum atomic E-state index is -0.798. The number of carbonyl (C=O) groups excluding carboxylic acids is 4. The van der Waals surface area contributed by atoms with Crippen LogP contribution in [0.15, 0.2) is 30.5 Å². The monoisotopic (exact) mass is 454 g/mol. The number of ketones is 1. The van der Waals surface area contributed by atoms with E-state index in [4.69, 9.17) is 4.74 Å². The molecule has 1 aliphatic rings. The van der Waals surface area contributed by atoms with Crippen LogP contribution in [0.25, 0.3) is 5.65 Å². The van der Waals surface area contributed by atoms with E-state index in [0.29, 0.717) is 17.0 Å². The molecule has 0 spiro atoms. The minimum Gasteiger partial charge on any atom is -0.482 e. The van der Waals surface area contributed by atoms with Crippen molar-refractivity contribution in [1.82, 2.24) is 25.2 Å². The number of nitrogens with zero attached hydrogens (tertiary/aromatic N) is 3. The normalized spacial score (nSPS) is 12.5. The highest BCUT2D eigenvalue weighted by Crippen LogP contribution is 2.28. The van der Waals surface area contributed by atoms with Crippen LogP contribution in [0.2, 0.25) is 0 Å². The summed E-state index contributed by atoms with van der Waals surface area (Å²) in [4.78, 5) is 51.8. The zero-order chi connectivity index (χ0) is 23.5. The molecule has 170 valence electrons. The van der Waals surface area contributed by atoms with Crippen molar-refractivity contribution >= 4 is 34.8 Å². The predicted molar refractivity (Wildman–Crippen MR) is 112 cm³/mol. The number of Topliss-reactive ketones (excluding diaryl/α,β-unsaturated/α-hetero) is 1. The number of fused-ring (bicyclic) bond motifs is 2. The van der Waals surface area contributed by atoms with Gasteiger partial charge >= 0.3 is 0 Å². The van der Waals surface area contributed by atoms with E-state index in [2.05, 4.69) is 26.0 Å².